The Kier molecular flexibility index (Phi) is 6.14. The molecule has 0 aliphatic heterocycles. The van der Waals surface area contributed by atoms with E-state index in [0.29, 0.717) is 28.1 Å². The normalized spacial score (nSPS) is 12.0. The summed E-state index contributed by atoms with van der Waals surface area (Å²) in [6.07, 6.45) is -2.89. The molecule has 0 bridgehead atoms. The Morgan fingerprint density at radius 1 is 1.03 bits per heavy atom. The van der Waals surface area contributed by atoms with Gasteiger partial charge in [-0.1, -0.05) is 18.2 Å². The first-order valence-corrected chi connectivity index (χ1v) is 10.4. The molecule has 158 valence electrons. The van der Waals surface area contributed by atoms with Crippen LogP contribution in [0.2, 0.25) is 0 Å². The van der Waals surface area contributed by atoms with Gasteiger partial charge in [-0.25, -0.2) is 18.1 Å². The summed E-state index contributed by atoms with van der Waals surface area (Å²) in [6, 6.07) is 12.7. The van der Waals surface area contributed by atoms with Gasteiger partial charge in [0.15, 0.2) is 0 Å². The standard InChI is InChI=1S/C21H19F3N2O3S/c1-14-11-17(21(22,23)24)5-8-19(14)16-3-6-18(7-4-16)30(27,28)26-13-15-9-10-25-20(12-15)29-2/h3-12,26H,13H2,1-2H3. The van der Waals surface area contributed by atoms with Crippen LogP contribution in [0.15, 0.2) is 65.7 Å². The molecule has 0 amide bonds. The largest absolute Gasteiger partial charge is 0.481 e. The number of pyridine rings is 1. The number of aromatic nitrogens is 1. The molecular weight excluding hydrogens is 417 g/mol. The minimum absolute atomic E-state index is 0.0526. The maximum Gasteiger partial charge on any atom is 0.416 e. The summed E-state index contributed by atoms with van der Waals surface area (Å²) in [5.74, 6) is 0.378. The van der Waals surface area contributed by atoms with E-state index in [4.69, 9.17) is 4.74 Å². The summed E-state index contributed by atoms with van der Waals surface area (Å²) in [6.45, 7) is 1.64. The zero-order chi connectivity index (χ0) is 21.9. The van der Waals surface area contributed by atoms with Gasteiger partial charge < -0.3 is 4.74 Å². The average Bonchev–Trinajstić information content (AvgIpc) is 2.72. The smallest absolute Gasteiger partial charge is 0.416 e. The van der Waals surface area contributed by atoms with Crippen molar-refractivity contribution in [2.24, 2.45) is 0 Å². The maximum atomic E-state index is 12.8. The van der Waals surface area contributed by atoms with Gasteiger partial charge in [0.25, 0.3) is 0 Å². The molecule has 0 unspecified atom stereocenters. The van der Waals surface area contributed by atoms with Crippen LogP contribution in [0, 0.1) is 6.92 Å². The molecule has 0 atom stereocenters. The zero-order valence-electron chi connectivity index (χ0n) is 16.2. The Morgan fingerprint density at radius 2 is 1.73 bits per heavy atom. The van der Waals surface area contributed by atoms with Gasteiger partial charge in [0, 0.05) is 18.8 Å². The van der Waals surface area contributed by atoms with Crippen LogP contribution in [0.3, 0.4) is 0 Å². The minimum atomic E-state index is -4.41. The van der Waals surface area contributed by atoms with Crippen LogP contribution < -0.4 is 9.46 Å². The van der Waals surface area contributed by atoms with Crippen molar-refractivity contribution >= 4 is 10.0 Å². The van der Waals surface area contributed by atoms with Crippen molar-refractivity contribution in [3.8, 4) is 17.0 Å². The van der Waals surface area contributed by atoms with Crippen molar-refractivity contribution in [1.29, 1.82) is 0 Å². The molecule has 2 aromatic carbocycles. The van der Waals surface area contributed by atoms with Gasteiger partial charge in [0.05, 0.1) is 17.6 Å². The van der Waals surface area contributed by atoms with Crippen LogP contribution in [0.5, 0.6) is 5.88 Å². The third-order valence-electron chi connectivity index (χ3n) is 4.50. The molecule has 5 nitrogen and oxygen atoms in total. The van der Waals surface area contributed by atoms with Gasteiger partial charge in [0.2, 0.25) is 15.9 Å². The summed E-state index contributed by atoms with van der Waals surface area (Å²) >= 11 is 0. The van der Waals surface area contributed by atoms with Crippen LogP contribution in [-0.4, -0.2) is 20.5 Å². The fourth-order valence-corrected chi connectivity index (χ4v) is 3.93. The number of nitrogens with one attached hydrogen (secondary N) is 1. The molecule has 0 radical (unpaired) electrons. The van der Waals surface area contributed by atoms with Gasteiger partial charge in [-0.05, 0) is 59.5 Å². The van der Waals surface area contributed by atoms with Crippen molar-refractivity contribution in [1.82, 2.24) is 9.71 Å². The van der Waals surface area contributed by atoms with Crippen LogP contribution in [0.4, 0.5) is 13.2 Å². The number of nitrogens with zero attached hydrogens (tertiary/aromatic N) is 1. The Labute approximate surface area is 172 Å². The predicted octanol–water partition coefficient (Wildman–Crippen LogP) is 4.56. The number of benzene rings is 2. The fraction of sp³-hybridized carbons (Fsp3) is 0.190. The first-order chi connectivity index (χ1) is 14.1. The first-order valence-electron chi connectivity index (χ1n) is 8.87. The number of aryl methyl sites for hydroxylation is 1. The average molecular weight is 436 g/mol. The lowest BCUT2D eigenvalue weighted by atomic mass is 9.98. The molecular formula is C21H19F3N2O3S. The summed E-state index contributed by atoms with van der Waals surface area (Å²) < 4.78 is 71.1. The zero-order valence-corrected chi connectivity index (χ0v) is 17.0. The van der Waals surface area contributed by atoms with Crippen molar-refractivity contribution < 1.29 is 26.3 Å². The topological polar surface area (TPSA) is 68.3 Å². The van der Waals surface area contributed by atoms with E-state index in [-0.39, 0.29) is 11.4 Å². The highest BCUT2D eigenvalue weighted by atomic mass is 32.2. The predicted molar refractivity (Wildman–Crippen MR) is 106 cm³/mol. The van der Waals surface area contributed by atoms with E-state index in [2.05, 4.69) is 9.71 Å². The Balaban J connectivity index is 1.77. The third-order valence-corrected chi connectivity index (χ3v) is 5.92. The molecule has 0 spiro atoms. The lowest BCUT2D eigenvalue weighted by Gasteiger charge is -2.12. The molecule has 0 aliphatic carbocycles. The highest BCUT2D eigenvalue weighted by molar-refractivity contribution is 7.89. The van der Waals surface area contributed by atoms with Gasteiger partial charge in [-0.15, -0.1) is 0 Å². The van der Waals surface area contributed by atoms with Crippen molar-refractivity contribution in [3.05, 3.63) is 77.5 Å². The number of alkyl halides is 3. The SMILES string of the molecule is COc1cc(CNS(=O)(=O)c2ccc(-c3ccc(C(F)(F)F)cc3C)cc2)ccn1. The van der Waals surface area contributed by atoms with Crippen molar-refractivity contribution in [2.45, 2.75) is 24.5 Å². The molecule has 1 aromatic heterocycles. The van der Waals surface area contributed by atoms with E-state index in [0.717, 1.165) is 12.1 Å². The van der Waals surface area contributed by atoms with E-state index in [9.17, 15) is 21.6 Å². The van der Waals surface area contributed by atoms with E-state index in [1.807, 2.05) is 0 Å². The van der Waals surface area contributed by atoms with Crippen LogP contribution in [0.1, 0.15) is 16.7 Å². The van der Waals surface area contributed by atoms with E-state index < -0.39 is 21.8 Å². The van der Waals surface area contributed by atoms with Crippen molar-refractivity contribution in [3.63, 3.8) is 0 Å². The Bertz CT molecular complexity index is 1140. The fourth-order valence-electron chi connectivity index (χ4n) is 2.91. The van der Waals surface area contributed by atoms with Gasteiger partial charge in [-0.3, -0.25) is 0 Å². The number of rotatable bonds is 6. The van der Waals surface area contributed by atoms with E-state index in [1.165, 1.54) is 31.5 Å². The third kappa shape index (κ3) is 4.98. The molecule has 0 fully saturated rings. The minimum Gasteiger partial charge on any atom is -0.481 e. The number of hydrogen-bond acceptors (Lipinski definition) is 4. The number of methoxy groups -OCH3 is 1. The lowest BCUT2D eigenvalue weighted by Crippen LogP contribution is -2.23. The molecule has 0 saturated heterocycles. The molecule has 1 N–H and O–H groups in total. The van der Waals surface area contributed by atoms with Crippen LogP contribution >= 0.6 is 0 Å². The number of halogens is 3. The van der Waals surface area contributed by atoms with Gasteiger partial charge in [0.1, 0.15) is 0 Å². The Morgan fingerprint density at radius 3 is 2.33 bits per heavy atom. The molecule has 1 heterocycles. The van der Waals surface area contributed by atoms with E-state index in [1.54, 1.807) is 31.2 Å². The summed E-state index contributed by atoms with van der Waals surface area (Å²) in [7, 11) is -2.30. The maximum absolute atomic E-state index is 12.8. The van der Waals surface area contributed by atoms with Crippen LogP contribution in [-0.2, 0) is 22.7 Å². The number of ether oxygens (including phenoxy) is 1. The number of sulfonamides is 1. The summed E-state index contributed by atoms with van der Waals surface area (Å²) in [4.78, 5) is 4.02. The molecule has 0 saturated carbocycles. The second-order valence-corrected chi connectivity index (χ2v) is 8.35. The molecule has 3 rings (SSSR count). The quantitative estimate of drug-likeness (QED) is 0.615. The lowest BCUT2D eigenvalue weighted by molar-refractivity contribution is -0.137. The summed E-state index contributed by atoms with van der Waals surface area (Å²) in [5, 5.41) is 0. The molecule has 30 heavy (non-hydrogen) atoms. The molecule has 9 heteroatoms. The summed E-state index contributed by atoms with van der Waals surface area (Å²) in [5.41, 5.74) is 1.63. The van der Waals surface area contributed by atoms with Gasteiger partial charge >= 0.3 is 6.18 Å². The first kappa shape index (κ1) is 21.8. The Hall–Kier alpha value is -2.91. The van der Waals surface area contributed by atoms with Crippen molar-refractivity contribution in [2.75, 3.05) is 7.11 Å². The highest BCUT2D eigenvalue weighted by Gasteiger charge is 2.30. The monoisotopic (exact) mass is 436 g/mol. The molecule has 0 aliphatic rings. The molecule has 3 aromatic rings. The second-order valence-electron chi connectivity index (χ2n) is 6.58. The number of hydrogen-bond donors (Lipinski definition) is 1. The second kappa shape index (κ2) is 8.45. The highest BCUT2D eigenvalue weighted by Crippen LogP contribution is 2.33. The van der Waals surface area contributed by atoms with Crippen LogP contribution in [0.25, 0.3) is 11.1 Å². The van der Waals surface area contributed by atoms with E-state index >= 15 is 0 Å². The van der Waals surface area contributed by atoms with Gasteiger partial charge in [-0.2, -0.15) is 13.2 Å².